The quantitative estimate of drug-likeness (QED) is 0.882. The molecule has 0 aliphatic heterocycles. The third-order valence-electron chi connectivity index (χ3n) is 2.55. The summed E-state index contributed by atoms with van der Waals surface area (Å²) in [4.78, 5) is 4.60. The highest BCUT2D eigenvalue weighted by atomic mass is 32.1. The second-order valence-electron chi connectivity index (χ2n) is 4.67. The van der Waals surface area contributed by atoms with Gasteiger partial charge in [-0.15, -0.1) is 11.3 Å². The first kappa shape index (κ1) is 11.6. The molecule has 0 saturated heterocycles. The average Bonchev–Trinajstić information content (AvgIpc) is 2.57. The molecule has 1 unspecified atom stereocenters. The van der Waals surface area contributed by atoms with E-state index in [2.05, 4.69) is 37.0 Å². The molecule has 0 amide bonds. The van der Waals surface area contributed by atoms with E-state index in [0.29, 0.717) is 5.92 Å². The number of thiazole rings is 1. The Bertz CT molecular complexity index is 429. The summed E-state index contributed by atoms with van der Waals surface area (Å²) in [5.74, 6) is 0.657. The first-order chi connectivity index (χ1) is 7.65. The van der Waals surface area contributed by atoms with Crippen molar-refractivity contribution in [3.63, 3.8) is 0 Å². The zero-order valence-electron chi connectivity index (χ0n) is 9.81. The van der Waals surface area contributed by atoms with Crippen molar-refractivity contribution in [2.24, 2.45) is 11.7 Å². The van der Waals surface area contributed by atoms with Gasteiger partial charge in [0.2, 0.25) is 0 Å². The monoisotopic (exact) mass is 234 g/mol. The van der Waals surface area contributed by atoms with E-state index in [4.69, 9.17) is 5.73 Å². The van der Waals surface area contributed by atoms with Crippen molar-refractivity contribution in [1.29, 1.82) is 0 Å². The molecule has 0 bridgehead atoms. The summed E-state index contributed by atoms with van der Waals surface area (Å²) in [5, 5.41) is 1.16. The van der Waals surface area contributed by atoms with Crippen molar-refractivity contribution in [3.8, 4) is 0 Å². The van der Waals surface area contributed by atoms with Crippen molar-refractivity contribution < 1.29 is 0 Å². The zero-order chi connectivity index (χ0) is 11.5. The van der Waals surface area contributed by atoms with Crippen molar-refractivity contribution >= 4 is 21.6 Å². The SMILES string of the molecule is CC(C)CC(N)Cc1nc2ccccc2s1. The van der Waals surface area contributed by atoms with Crippen LogP contribution >= 0.6 is 11.3 Å². The number of benzene rings is 1. The first-order valence-corrected chi connectivity index (χ1v) is 6.57. The maximum atomic E-state index is 6.10. The van der Waals surface area contributed by atoms with Gasteiger partial charge in [-0.2, -0.15) is 0 Å². The van der Waals surface area contributed by atoms with Crippen LogP contribution in [0.5, 0.6) is 0 Å². The molecule has 2 N–H and O–H groups in total. The van der Waals surface area contributed by atoms with E-state index in [9.17, 15) is 0 Å². The molecule has 2 nitrogen and oxygen atoms in total. The molecule has 1 atom stereocenters. The van der Waals surface area contributed by atoms with Crippen molar-refractivity contribution in [1.82, 2.24) is 4.98 Å². The van der Waals surface area contributed by atoms with E-state index >= 15 is 0 Å². The van der Waals surface area contributed by atoms with Gasteiger partial charge in [0, 0.05) is 12.5 Å². The van der Waals surface area contributed by atoms with Crippen LogP contribution in [0.25, 0.3) is 10.2 Å². The summed E-state index contributed by atoms with van der Waals surface area (Å²) in [5.41, 5.74) is 7.19. The van der Waals surface area contributed by atoms with Gasteiger partial charge in [-0.05, 0) is 24.5 Å². The van der Waals surface area contributed by atoms with Crippen LogP contribution in [0.3, 0.4) is 0 Å². The summed E-state index contributed by atoms with van der Waals surface area (Å²) < 4.78 is 1.26. The van der Waals surface area contributed by atoms with Crippen LogP contribution in [0.1, 0.15) is 25.3 Å². The minimum absolute atomic E-state index is 0.237. The molecule has 1 aromatic carbocycles. The van der Waals surface area contributed by atoms with E-state index in [1.54, 1.807) is 11.3 Å². The standard InChI is InChI=1S/C13H18N2S/c1-9(2)7-10(14)8-13-15-11-5-3-4-6-12(11)16-13/h3-6,9-10H,7-8,14H2,1-2H3. The second-order valence-corrected chi connectivity index (χ2v) is 5.78. The molecule has 2 rings (SSSR count). The number of aromatic nitrogens is 1. The van der Waals surface area contributed by atoms with E-state index in [1.165, 1.54) is 4.70 Å². The van der Waals surface area contributed by atoms with E-state index in [0.717, 1.165) is 23.4 Å². The van der Waals surface area contributed by atoms with Gasteiger partial charge in [-0.3, -0.25) is 0 Å². The Kier molecular flexibility index (Phi) is 3.56. The van der Waals surface area contributed by atoms with E-state index in [-0.39, 0.29) is 6.04 Å². The lowest BCUT2D eigenvalue weighted by Crippen LogP contribution is -2.24. The van der Waals surface area contributed by atoms with Crippen LogP contribution in [0, 0.1) is 5.92 Å². The molecule has 0 radical (unpaired) electrons. The zero-order valence-corrected chi connectivity index (χ0v) is 10.6. The average molecular weight is 234 g/mol. The Morgan fingerprint density at radius 2 is 2.06 bits per heavy atom. The van der Waals surface area contributed by atoms with Gasteiger partial charge in [0.05, 0.1) is 15.2 Å². The number of rotatable bonds is 4. The van der Waals surface area contributed by atoms with Gasteiger partial charge >= 0.3 is 0 Å². The normalized spacial score (nSPS) is 13.5. The van der Waals surface area contributed by atoms with Crippen LogP contribution in [-0.2, 0) is 6.42 Å². The predicted octanol–water partition coefficient (Wildman–Crippen LogP) is 3.21. The number of hydrogen-bond acceptors (Lipinski definition) is 3. The fraction of sp³-hybridized carbons (Fsp3) is 0.462. The first-order valence-electron chi connectivity index (χ1n) is 5.75. The Morgan fingerprint density at radius 1 is 1.31 bits per heavy atom. The topological polar surface area (TPSA) is 38.9 Å². The van der Waals surface area contributed by atoms with Crippen LogP contribution in [0.2, 0.25) is 0 Å². The molecule has 86 valence electrons. The highest BCUT2D eigenvalue weighted by Gasteiger charge is 2.10. The minimum atomic E-state index is 0.237. The van der Waals surface area contributed by atoms with Gasteiger partial charge in [0.25, 0.3) is 0 Å². The molecule has 2 aromatic rings. The fourth-order valence-electron chi connectivity index (χ4n) is 1.92. The van der Waals surface area contributed by atoms with Crippen LogP contribution in [-0.4, -0.2) is 11.0 Å². The summed E-state index contributed by atoms with van der Waals surface area (Å²) in [7, 11) is 0. The lowest BCUT2D eigenvalue weighted by molar-refractivity contribution is 0.493. The summed E-state index contributed by atoms with van der Waals surface area (Å²) in [6.45, 7) is 4.41. The Morgan fingerprint density at radius 3 is 2.75 bits per heavy atom. The third-order valence-corrected chi connectivity index (χ3v) is 3.61. The lowest BCUT2D eigenvalue weighted by atomic mass is 10.0. The molecule has 0 aliphatic rings. The van der Waals surface area contributed by atoms with Gasteiger partial charge in [0.1, 0.15) is 0 Å². The van der Waals surface area contributed by atoms with Crippen LogP contribution in [0.15, 0.2) is 24.3 Å². The lowest BCUT2D eigenvalue weighted by Gasteiger charge is -2.11. The molecule has 0 aliphatic carbocycles. The molecular formula is C13H18N2S. The van der Waals surface area contributed by atoms with E-state index in [1.807, 2.05) is 6.07 Å². The molecular weight excluding hydrogens is 216 g/mol. The summed E-state index contributed by atoms with van der Waals surface area (Å²) in [6.07, 6.45) is 1.97. The summed E-state index contributed by atoms with van der Waals surface area (Å²) in [6, 6.07) is 8.49. The third kappa shape index (κ3) is 2.80. The highest BCUT2D eigenvalue weighted by Crippen LogP contribution is 2.22. The van der Waals surface area contributed by atoms with Crippen molar-refractivity contribution in [2.75, 3.05) is 0 Å². The molecule has 0 saturated carbocycles. The van der Waals surface area contributed by atoms with Crippen molar-refractivity contribution in [2.45, 2.75) is 32.7 Å². The van der Waals surface area contributed by atoms with Gasteiger partial charge < -0.3 is 5.73 Å². The smallest absolute Gasteiger partial charge is 0.0954 e. The Labute approximate surface area is 101 Å². The fourth-order valence-corrected chi connectivity index (χ4v) is 2.98. The molecule has 3 heteroatoms. The Hall–Kier alpha value is -0.930. The largest absolute Gasteiger partial charge is 0.327 e. The highest BCUT2D eigenvalue weighted by molar-refractivity contribution is 7.18. The molecule has 0 spiro atoms. The maximum absolute atomic E-state index is 6.10. The minimum Gasteiger partial charge on any atom is -0.327 e. The maximum Gasteiger partial charge on any atom is 0.0954 e. The van der Waals surface area contributed by atoms with Crippen LogP contribution in [0.4, 0.5) is 0 Å². The second kappa shape index (κ2) is 4.93. The number of hydrogen-bond donors (Lipinski definition) is 1. The Balaban J connectivity index is 2.09. The molecule has 1 aromatic heterocycles. The van der Waals surface area contributed by atoms with Gasteiger partial charge in [-0.25, -0.2) is 4.98 Å². The molecule has 0 fully saturated rings. The van der Waals surface area contributed by atoms with E-state index < -0.39 is 0 Å². The van der Waals surface area contributed by atoms with Crippen molar-refractivity contribution in [3.05, 3.63) is 29.3 Å². The molecule has 1 heterocycles. The number of para-hydroxylation sites is 1. The number of fused-ring (bicyclic) bond motifs is 1. The van der Waals surface area contributed by atoms with Gasteiger partial charge in [-0.1, -0.05) is 26.0 Å². The number of nitrogens with zero attached hydrogens (tertiary/aromatic N) is 1. The van der Waals surface area contributed by atoms with Crippen LogP contribution < -0.4 is 5.73 Å². The molecule has 16 heavy (non-hydrogen) atoms. The van der Waals surface area contributed by atoms with Gasteiger partial charge in [0.15, 0.2) is 0 Å². The number of nitrogens with two attached hydrogens (primary N) is 1. The summed E-state index contributed by atoms with van der Waals surface area (Å²) >= 11 is 1.76. The predicted molar refractivity (Wildman–Crippen MR) is 70.8 cm³/mol.